The first-order valence-electron chi connectivity index (χ1n) is 4.06. The van der Waals surface area contributed by atoms with Crippen molar-refractivity contribution in [2.45, 2.75) is 18.9 Å². The van der Waals surface area contributed by atoms with Crippen molar-refractivity contribution in [3.63, 3.8) is 0 Å². The highest BCUT2D eigenvalue weighted by molar-refractivity contribution is 9.10. The van der Waals surface area contributed by atoms with E-state index in [0.717, 1.165) is 19.1 Å². The van der Waals surface area contributed by atoms with Gasteiger partial charge >= 0.3 is 0 Å². The summed E-state index contributed by atoms with van der Waals surface area (Å²) < 4.78 is 6.19. The molecule has 68 valence electrons. The molecule has 1 saturated carbocycles. The summed E-state index contributed by atoms with van der Waals surface area (Å²) in [6, 6.07) is 0. The van der Waals surface area contributed by atoms with Crippen molar-refractivity contribution in [3.8, 4) is 5.75 Å². The predicted octanol–water partition coefficient (Wildman–Crippen LogP) is 2.20. The van der Waals surface area contributed by atoms with Gasteiger partial charge in [-0.15, -0.1) is 0 Å². The van der Waals surface area contributed by atoms with Crippen molar-refractivity contribution >= 4 is 22.2 Å². The fraction of sp³-hybridized carbons (Fsp3) is 0.333. The number of hydrogen-bond acceptors (Lipinski definition) is 3. The lowest BCUT2D eigenvalue weighted by molar-refractivity contribution is 0.111. The molecule has 1 aromatic heterocycles. The molecule has 0 amide bonds. The summed E-state index contributed by atoms with van der Waals surface area (Å²) in [6.07, 6.45) is 6.38. The Balaban J connectivity index is 2.30. The van der Waals surface area contributed by atoms with E-state index in [-0.39, 0.29) is 6.10 Å². The summed E-state index contributed by atoms with van der Waals surface area (Å²) >= 11 is 3.24. The Morgan fingerprint density at radius 2 is 2.31 bits per heavy atom. The normalized spacial score (nSPS) is 15.5. The molecule has 3 nitrogen and oxygen atoms in total. The second-order valence-corrected chi connectivity index (χ2v) is 3.82. The maximum Gasteiger partial charge on any atom is 0.155 e. The Hall–Kier alpha value is -0.900. The van der Waals surface area contributed by atoms with E-state index in [1.165, 1.54) is 0 Å². The van der Waals surface area contributed by atoms with Gasteiger partial charge in [-0.05, 0) is 28.8 Å². The van der Waals surface area contributed by atoms with E-state index < -0.39 is 0 Å². The first kappa shape index (κ1) is 8.69. The molecule has 4 heteroatoms. The van der Waals surface area contributed by atoms with Crippen LogP contribution in [0.3, 0.4) is 0 Å². The highest BCUT2D eigenvalue weighted by atomic mass is 79.9. The van der Waals surface area contributed by atoms with Crippen LogP contribution in [0.4, 0.5) is 0 Å². The number of hydrogen-bond donors (Lipinski definition) is 0. The van der Waals surface area contributed by atoms with Crippen LogP contribution in [-0.4, -0.2) is 17.4 Å². The van der Waals surface area contributed by atoms with Gasteiger partial charge in [0.05, 0.1) is 22.3 Å². The van der Waals surface area contributed by atoms with E-state index in [1.807, 2.05) is 0 Å². The van der Waals surface area contributed by atoms with Crippen LogP contribution in [0.2, 0.25) is 0 Å². The molecule has 1 heterocycles. The highest BCUT2D eigenvalue weighted by Gasteiger charge is 2.25. The summed E-state index contributed by atoms with van der Waals surface area (Å²) in [5.41, 5.74) is 0.543. The first-order valence-corrected chi connectivity index (χ1v) is 4.86. The summed E-state index contributed by atoms with van der Waals surface area (Å²) in [4.78, 5) is 14.7. The number of aldehydes is 1. The van der Waals surface area contributed by atoms with Crippen molar-refractivity contribution in [1.29, 1.82) is 0 Å². The van der Waals surface area contributed by atoms with E-state index in [0.29, 0.717) is 15.8 Å². The average Bonchev–Trinajstić information content (AvgIpc) is 2.89. The summed E-state index contributed by atoms with van der Waals surface area (Å²) in [5.74, 6) is 0.576. The Morgan fingerprint density at radius 1 is 1.54 bits per heavy atom. The van der Waals surface area contributed by atoms with Crippen LogP contribution < -0.4 is 4.74 Å². The van der Waals surface area contributed by atoms with Gasteiger partial charge in [-0.2, -0.15) is 0 Å². The summed E-state index contributed by atoms with van der Waals surface area (Å²) in [5, 5.41) is 0. The number of pyridine rings is 1. The number of carbonyl (C=O) groups is 1. The van der Waals surface area contributed by atoms with Gasteiger partial charge in [0.15, 0.2) is 6.29 Å². The quantitative estimate of drug-likeness (QED) is 0.762. The minimum absolute atomic E-state index is 0.287. The van der Waals surface area contributed by atoms with Gasteiger partial charge in [0.1, 0.15) is 5.75 Å². The van der Waals surface area contributed by atoms with Crippen LogP contribution >= 0.6 is 15.9 Å². The van der Waals surface area contributed by atoms with Crippen LogP contribution in [-0.2, 0) is 0 Å². The Kier molecular flexibility index (Phi) is 2.31. The third-order valence-corrected chi connectivity index (χ3v) is 2.47. The number of ether oxygens (including phenoxy) is 1. The van der Waals surface area contributed by atoms with Gasteiger partial charge in [0.2, 0.25) is 0 Å². The summed E-state index contributed by atoms with van der Waals surface area (Å²) in [7, 11) is 0. The van der Waals surface area contributed by atoms with Gasteiger partial charge in [0, 0.05) is 6.20 Å². The Bertz CT molecular complexity index is 336. The lowest BCUT2D eigenvalue weighted by atomic mass is 10.3. The van der Waals surface area contributed by atoms with Crippen molar-refractivity contribution in [3.05, 3.63) is 22.4 Å². The fourth-order valence-electron chi connectivity index (χ4n) is 1.00. The lowest BCUT2D eigenvalue weighted by Gasteiger charge is -2.06. The predicted molar refractivity (Wildman–Crippen MR) is 51.0 cm³/mol. The third-order valence-electron chi connectivity index (χ3n) is 1.84. The second kappa shape index (κ2) is 3.46. The number of aromatic nitrogens is 1. The molecule has 1 fully saturated rings. The number of halogens is 1. The molecule has 0 aliphatic heterocycles. The van der Waals surface area contributed by atoms with Gasteiger partial charge < -0.3 is 4.74 Å². The van der Waals surface area contributed by atoms with E-state index in [9.17, 15) is 4.79 Å². The molecule has 0 unspecified atom stereocenters. The molecule has 0 radical (unpaired) electrons. The second-order valence-electron chi connectivity index (χ2n) is 2.97. The molecule has 0 bridgehead atoms. The van der Waals surface area contributed by atoms with Crippen LogP contribution in [0.5, 0.6) is 5.75 Å². The van der Waals surface area contributed by atoms with Crippen molar-refractivity contribution in [1.82, 2.24) is 4.98 Å². The first-order chi connectivity index (χ1) is 6.31. The zero-order valence-electron chi connectivity index (χ0n) is 6.87. The molecule has 13 heavy (non-hydrogen) atoms. The molecule has 0 saturated heterocycles. The van der Waals surface area contributed by atoms with Crippen LogP contribution in [0, 0.1) is 0 Å². The molecule has 1 aromatic rings. The van der Waals surface area contributed by atoms with Gasteiger partial charge in [-0.25, -0.2) is 0 Å². The molecular formula is C9H8BrNO2. The van der Waals surface area contributed by atoms with Crippen molar-refractivity contribution in [2.24, 2.45) is 0 Å². The molecule has 0 N–H and O–H groups in total. The third kappa shape index (κ3) is 1.88. The van der Waals surface area contributed by atoms with E-state index in [2.05, 4.69) is 20.9 Å². The minimum Gasteiger partial charge on any atom is -0.488 e. The standard InChI is InChI=1S/C9H8BrNO2/c10-8-3-11-4-9(7(8)5-12)13-6-1-2-6/h3-6H,1-2H2. The maximum atomic E-state index is 10.7. The molecular weight excluding hydrogens is 234 g/mol. The molecule has 0 atom stereocenters. The molecule has 1 aliphatic carbocycles. The fourth-order valence-corrected chi connectivity index (χ4v) is 1.41. The smallest absolute Gasteiger partial charge is 0.155 e. The maximum absolute atomic E-state index is 10.7. The van der Waals surface area contributed by atoms with Crippen LogP contribution in [0.1, 0.15) is 23.2 Å². The Labute approximate surface area is 84.2 Å². The van der Waals surface area contributed by atoms with E-state index >= 15 is 0 Å². The molecule has 0 spiro atoms. The Morgan fingerprint density at radius 3 is 2.92 bits per heavy atom. The van der Waals surface area contributed by atoms with Crippen LogP contribution in [0.15, 0.2) is 16.9 Å². The number of carbonyl (C=O) groups excluding carboxylic acids is 1. The number of rotatable bonds is 3. The monoisotopic (exact) mass is 241 g/mol. The average molecular weight is 242 g/mol. The van der Waals surface area contributed by atoms with Gasteiger partial charge in [-0.3, -0.25) is 9.78 Å². The SMILES string of the molecule is O=Cc1c(Br)cncc1OC1CC1. The lowest BCUT2D eigenvalue weighted by Crippen LogP contribution is -2.00. The zero-order chi connectivity index (χ0) is 9.26. The van der Waals surface area contributed by atoms with Crippen molar-refractivity contribution < 1.29 is 9.53 Å². The van der Waals surface area contributed by atoms with Crippen molar-refractivity contribution in [2.75, 3.05) is 0 Å². The van der Waals surface area contributed by atoms with Crippen LogP contribution in [0.25, 0.3) is 0 Å². The molecule has 0 aromatic carbocycles. The zero-order valence-corrected chi connectivity index (χ0v) is 8.45. The molecule has 2 rings (SSSR count). The van der Waals surface area contributed by atoms with E-state index in [1.54, 1.807) is 12.4 Å². The topological polar surface area (TPSA) is 39.2 Å². The van der Waals surface area contributed by atoms with E-state index in [4.69, 9.17) is 4.74 Å². The highest BCUT2D eigenvalue weighted by Crippen LogP contribution is 2.30. The minimum atomic E-state index is 0.287. The van der Waals surface area contributed by atoms with Gasteiger partial charge in [0.25, 0.3) is 0 Å². The largest absolute Gasteiger partial charge is 0.488 e. The summed E-state index contributed by atoms with van der Waals surface area (Å²) in [6.45, 7) is 0. The van der Waals surface area contributed by atoms with Gasteiger partial charge in [-0.1, -0.05) is 0 Å². The molecule has 1 aliphatic rings. The number of nitrogens with zero attached hydrogens (tertiary/aromatic N) is 1.